The molecular formula is C32H27ClN2O2S2. The number of nitrogens with zero attached hydrogens (tertiary/aromatic N) is 2. The normalized spacial score (nSPS) is 13.3. The molecule has 2 heterocycles. The van der Waals surface area contributed by atoms with E-state index < -0.39 is 0 Å². The molecule has 0 fully saturated rings. The van der Waals surface area contributed by atoms with Crippen LogP contribution in [0.15, 0.2) is 89.2 Å². The zero-order valence-corrected chi connectivity index (χ0v) is 23.9. The van der Waals surface area contributed by atoms with Crippen molar-refractivity contribution in [3.8, 4) is 28.1 Å². The number of aryl methyl sites for hydroxylation is 1. The number of halogens is 1. The Bertz CT molecular complexity index is 1680. The first-order valence-corrected chi connectivity index (χ1v) is 15.2. The Kier molecular flexibility index (Phi) is 7.51. The first-order valence-electron chi connectivity index (χ1n) is 13.1. The summed E-state index contributed by atoms with van der Waals surface area (Å²) in [4.78, 5) is 20.2. The van der Waals surface area contributed by atoms with Crippen molar-refractivity contribution >= 4 is 45.2 Å². The molecule has 3 aromatic carbocycles. The maximum Gasteiger partial charge on any atom is 0.341 e. The lowest BCUT2D eigenvalue weighted by molar-refractivity contribution is 0.0526. The number of esters is 1. The summed E-state index contributed by atoms with van der Waals surface area (Å²) in [6, 6.07) is 26.7. The summed E-state index contributed by atoms with van der Waals surface area (Å²) in [7, 11) is 0. The lowest BCUT2D eigenvalue weighted by Crippen LogP contribution is -2.14. The second-order valence-electron chi connectivity index (χ2n) is 9.38. The molecule has 0 saturated carbocycles. The number of thiazole rings is 1. The van der Waals surface area contributed by atoms with Gasteiger partial charge in [0.05, 0.1) is 17.9 Å². The molecule has 0 aliphatic heterocycles. The highest BCUT2D eigenvalue weighted by atomic mass is 35.5. The molecule has 0 N–H and O–H groups in total. The minimum Gasteiger partial charge on any atom is -0.462 e. The summed E-state index contributed by atoms with van der Waals surface area (Å²) in [6.07, 6.45) is 4.11. The highest BCUT2D eigenvalue weighted by molar-refractivity contribution is 7.16. The van der Waals surface area contributed by atoms with Crippen LogP contribution in [-0.4, -0.2) is 17.1 Å². The summed E-state index contributed by atoms with van der Waals surface area (Å²) in [5, 5.41) is 3.54. The Balaban J connectivity index is 1.50. The van der Waals surface area contributed by atoms with Crippen molar-refractivity contribution in [1.29, 1.82) is 0 Å². The zero-order valence-electron chi connectivity index (χ0n) is 21.5. The average Bonchev–Trinajstić information content (AvgIpc) is 3.55. The highest BCUT2D eigenvalue weighted by Crippen LogP contribution is 2.40. The molecule has 0 radical (unpaired) electrons. The van der Waals surface area contributed by atoms with Crippen LogP contribution in [0, 0.1) is 0 Å². The average molecular weight is 571 g/mol. The minimum atomic E-state index is -0.276. The fraction of sp³-hybridized carbons (Fsp3) is 0.188. The number of benzene rings is 3. The molecule has 0 atom stereocenters. The number of hydrogen-bond donors (Lipinski definition) is 0. The highest BCUT2D eigenvalue weighted by Gasteiger charge is 2.26. The van der Waals surface area contributed by atoms with Crippen LogP contribution in [0.25, 0.3) is 28.1 Å². The van der Waals surface area contributed by atoms with Crippen LogP contribution in [0.2, 0.25) is 5.02 Å². The molecular weight excluding hydrogens is 544 g/mol. The van der Waals surface area contributed by atoms with Gasteiger partial charge >= 0.3 is 5.97 Å². The lowest BCUT2D eigenvalue weighted by Gasteiger charge is -2.12. The van der Waals surface area contributed by atoms with Crippen molar-refractivity contribution in [2.24, 2.45) is 4.99 Å². The van der Waals surface area contributed by atoms with Gasteiger partial charge in [-0.2, -0.15) is 0 Å². The number of hydrogen-bond acceptors (Lipinski definition) is 5. The predicted octanol–water partition coefficient (Wildman–Crippen LogP) is 8.88. The molecule has 2 aromatic heterocycles. The molecule has 7 heteroatoms. The van der Waals surface area contributed by atoms with E-state index >= 15 is 0 Å². The third-order valence-corrected chi connectivity index (χ3v) is 9.17. The van der Waals surface area contributed by atoms with Crippen molar-refractivity contribution in [2.75, 3.05) is 6.61 Å². The SMILES string of the molecule is CCOC(=O)c1c(/N=c2\scc(-c3ccc(-c4ccccc4)cc3)n2-c2ccc(Cl)cc2)sc2c1CCCC2. The van der Waals surface area contributed by atoms with Gasteiger partial charge in [-0.05, 0) is 79.1 Å². The van der Waals surface area contributed by atoms with Gasteiger partial charge in [0.25, 0.3) is 0 Å². The minimum absolute atomic E-state index is 0.276. The lowest BCUT2D eigenvalue weighted by atomic mass is 9.95. The second-order valence-corrected chi connectivity index (χ2v) is 11.7. The Labute approximate surface area is 240 Å². The summed E-state index contributed by atoms with van der Waals surface area (Å²) >= 11 is 9.43. The maximum atomic E-state index is 13.1. The Hall–Kier alpha value is -3.45. The van der Waals surface area contributed by atoms with E-state index in [9.17, 15) is 4.79 Å². The van der Waals surface area contributed by atoms with Crippen LogP contribution in [0.5, 0.6) is 0 Å². The van der Waals surface area contributed by atoms with Gasteiger partial charge < -0.3 is 4.74 Å². The fourth-order valence-corrected chi connectivity index (χ4v) is 7.37. The largest absolute Gasteiger partial charge is 0.462 e. The summed E-state index contributed by atoms with van der Waals surface area (Å²) in [5.74, 6) is -0.276. The van der Waals surface area contributed by atoms with Gasteiger partial charge in [0.2, 0.25) is 0 Å². The summed E-state index contributed by atoms with van der Waals surface area (Å²) < 4.78 is 7.62. The Morgan fingerprint density at radius 3 is 2.36 bits per heavy atom. The first-order chi connectivity index (χ1) is 19.1. The number of ether oxygens (including phenoxy) is 1. The van der Waals surface area contributed by atoms with E-state index in [1.165, 1.54) is 16.0 Å². The third-order valence-electron chi connectivity index (χ3n) is 6.91. The van der Waals surface area contributed by atoms with Crippen LogP contribution in [0.1, 0.15) is 40.6 Å². The number of rotatable bonds is 6. The van der Waals surface area contributed by atoms with Gasteiger partial charge in [-0.1, -0.05) is 66.2 Å². The topological polar surface area (TPSA) is 43.6 Å². The molecule has 0 saturated heterocycles. The maximum absolute atomic E-state index is 13.1. The van der Waals surface area contributed by atoms with Crippen molar-refractivity contribution < 1.29 is 9.53 Å². The molecule has 5 aromatic rings. The van der Waals surface area contributed by atoms with E-state index in [-0.39, 0.29) is 5.97 Å². The molecule has 39 heavy (non-hydrogen) atoms. The third kappa shape index (κ3) is 5.24. The summed E-state index contributed by atoms with van der Waals surface area (Å²) in [5.41, 5.74) is 7.18. The van der Waals surface area contributed by atoms with Crippen LogP contribution in [-0.2, 0) is 17.6 Å². The number of carbonyl (C=O) groups excluding carboxylic acids is 1. The predicted molar refractivity (Wildman–Crippen MR) is 162 cm³/mol. The molecule has 196 valence electrons. The molecule has 0 unspecified atom stereocenters. The van der Waals surface area contributed by atoms with Crippen molar-refractivity contribution in [1.82, 2.24) is 4.57 Å². The van der Waals surface area contributed by atoms with E-state index in [0.717, 1.165) is 58.0 Å². The molecule has 6 rings (SSSR count). The van der Waals surface area contributed by atoms with Crippen LogP contribution >= 0.6 is 34.3 Å². The van der Waals surface area contributed by atoms with E-state index in [4.69, 9.17) is 21.3 Å². The molecule has 4 nitrogen and oxygen atoms in total. The number of aromatic nitrogens is 1. The number of carbonyl (C=O) groups is 1. The number of thiophene rings is 1. The fourth-order valence-electron chi connectivity index (χ4n) is 5.03. The van der Waals surface area contributed by atoms with Gasteiger partial charge in [0, 0.05) is 21.0 Å². The van der Waals surface area contributed by atoms with Crippen molar-refractivity contribution in [3.63, 3.8) is 0 Å². The second kappa shape index (κ2) is 11.3. The standard InChI is InChI=1S/C32H27ClN2O2S2/c1-2-37-31(36)29-26-10-6-7-11-28(26)39-30(29)34-32-35(25-18-16-24(33)17-19-25)27(20-38-32)23-14-12-22(13-15-23)21-8-4-3-5-9-21/h3-5,8-9,12-20H,2,6-7,10-11H2,1H3/b34-32-. The van der Waals surface area contributed by atoms with E-state index in [1.54, 1.807) is 22.7 Å². The molecule has 1 aliphatic rings. The van der Waals surface area contributed by atoms with Gasteiger partial charge in [0.15, 0.2) is 4.80 Å². The van der Waals surface area contributed by atoms with E-state index in [1.807, 2.05) is 37.3 Å². The zero-order chi connectivity index (χ0) is 26.8. The molecule has 0 amide bonds. The van der Waals surface area contributed by atoms with Crippen molar-refractivity contribution in [3.05, 3.63) is 110 Å². The smallest absolute Gasteiger partial charge is 0.341 e. The molecule has 1 aliphatic carbocycles. The first kappa shape index (κ1) is 25.8. The number of fused-ring (bicyclic) bond motifs is 1. The van der Waals surface area contributed by atoms with Gasteiger partial charge in [-0.3, -0.25) is 4.57 Å². The van der Waals surface area contributed by atoms with Crippen molar-refractivity contribution in [2.45, 2.75) is 32.6 Å². The molecule has 0 bridgehead atoms. The van der Waals surface area contributed by atoms with Gasteiger partial charge in [0.1, 0.15) is 5.00 Å². The Morgan fingerprint density at radius 2 is 1.62 bits per heavy atom. The molecule has 0 spiro atoms. The monoisotopic (exact) mass is 570 g/mol. The van der Waals surface area contributed by atoms with Crippen LogP contribution in [0.4, 0.5) is 5.00 Å². The van der Waals surface area contributed by atoms with E-state index in [0.29, 0.717) is 17.2 Å². The summed E-state index contributed by atoms with van der Waals surface area (Å²) in [6.45, 7) is 2.19. The van der Waals surface area contributed by atoms with Gasteiger partial charge in [-0.15, -0.1) is 22.7 Å². The Morgan fingerprint density at radius 1 is 0.923 bits per heavy atom. The van der Waals surface area contributed by atoms with Crippen LogP contribution in [0.3, 0.4) is 0 Å². The quantitative estimate of drug-likeness (QED) is 0.191. The van der Waals surface area contributed by atoms with Gasteiger partial charge in [-0.25, -0.2) is 9.79 Å². The van der Waals surface area contributed by atoms with Crippen LogP contribution < -0.4 is 4.80 Å². The van der Waals surface area contributed by atoms with E-state index in [2.05, 4.69) is 58.5 Å².